The lowest BCUT2D eigenvalue weighted by molar-refractivity contribution is 0.0945. The number of halogens is 1. The van der Waals surface area contributed by atoms with Gasteiger partial charge in [-0.3, -0.25) is 9.59 Å². The van der Waals surface area contributed by atoms with Crippen molar-refractivity contribution in [2.45, 2.75) is 13.5 Å². The third-order valence-electron chi connectivity index (χ3n) is 4.34. The summed E-state index contributed by atoms with van der Waals surface area (Å²) in [6, 6.07) is 11.5. The van der Waals surface area contributed by atoms with Crippen LogP contribution in [0.15, 0.2) is 48.7 Å². The SMILES string of the molecule is CNC(=O)c1nc(-c2cccc(C(=O)NCc3ccc(F)c(C)c3)c2)cnc1N. The van der Waals surface area contributed by atoms with Gasteiger partial charge in [0.05, 0.1) is 11.9 Å². The third kappa shape index (κ3) is 4.55. The average molecular weight is 393 g/mol. The van der Waals surface area contributed by atoms with Crippen LogP contribution in [-0.2, 0) is 6.54 Å². The molecule has 0 unspecified atom stereocenters. The van der Waals surface area contributed by atoms with E-state index in [0.717, 1.165) is 5.56 Å². The van der Waals surface area contributed by atoms with Gasteiger partial charge in [0.2, 0.25) is 0 Å². The summed E-state index contributed by atoms with van der Waals surface area (Å²) in [7, 11) is 1.48. The summed E-state index contributed by atoms with van der Waals surface area (Å²) in [6.07, 6.45) is 1.44. The highest BCUT2D eigenvalue weighted by molar-refractivity contribution is 5.97. The molecule has 4 N–H and O–H groups in total. The first kappa shape index (κ1) is 19.9. The number of nitrogens with two attached hydrogens (primary N) is 1. The van der Waals surface area contributed by atoms with Gasteiger partial charge in [-0.05, 0) is 36.2 Å². The number of benzene rings is 2. The lowest BCUT2D eigenvalue weighted by atomic mass is 10.1. The Balaban J connectivity index is 1.79. The fourth-order valence-corrected chi connectivity index (χ4v) is 2.74. The van der Waals surface area contributed by atoms with E-state index in [1.54, 1.807) is 43.3 Å². The molecule has 148 valence electrons. The van der Waals surface area contributed by atoms with Crippen molar-refractivity contribution in [2.24, 2.45) is 0 Å². The Morgan fingerprint density at radius 1 is 1.14 bits per heavy atom. The van der Waals surface area contributed by atoms with E-state index in [1.807, 2.05) is 0 Å². The van der Waals surface area contributed by atoms with Crippen molar-refractivity contribution in [2.75, 3.05) is 12.8 Å². The molecule has 3 rings (SSSR count). The number of anilines is 1. The minimum Gasteiger partial charge on any atom is -0.382 e. The summed E-state index contributed by atoms with van der Waals surface area (Å²) in [6.45, 7) is 1.94. The van der Waals surface area contributed by atoms with Crippen LogP contribution in [0.25, 0.3) is 11.3 Å². The zero-order valence-electron chi connectivity index (χ0n) is 16.0. The van der Waals surface area contributed by atoms with Crippen LogP contribution in [0.5, 0.6) is 0 Å². The van der Waals surface area contributed by atoms with Gasteiger partial charge in [0.1, 0.15) is 5.82 Å². The maximum atomic E-state index is 13.4. The number of aromatic nitrogens is 2. The standard InChI is InChI=1S/C21H20FN5O2/c1-12-8-13(6-7-16(12)22)10-26-20(28)15-5-3-4-14(9-15)17-11-25-19(23)18(27-17)21(29)24-2/h3-9,11H,10H2,1-2H3,(H2,23,25)(H,24,29)(H,26,28). The Morgan fingerprint density at radius 3 is 2.66 bits per heavy atom. The summed E-state index contributed by atoms with van der Waals surface area (Å²) in [5.74, 6) is -0.991. The molecule has 1 aromatic heterocycles. The van der Waals surface area contributed by atoms with Crippen LogP contribution in [0.3, 0.4) is 0 Å². The van der Waals surface area contributed by atoms with Crippen LogP contribution >= 0.6 is 0 Å². The molecule has 0 aliphatic rings. The maximum absolute atomic E-state index is 13.4. The lowest BCUT2D eigenvalue weighted by Gasteiger charge is -2.09. The fourth-order valence-electron chi connectivity index (χ4n) is 2.74. The quantitative estimate of drug-likeness (QED) is 0.617. The Labute approximate surface area is 167 Å². The summed E-state index contributed by atoms with van der Waals surface area (Å²) >= 11 is 0. The molecule has 2 amide bonds. The number of aryl methyl sites for hydroxylation is 1. The molecule has 29 heavy (non-hydrogen) atoms. The van der Waals surface area contributed by atoms with E-state index in [4.69, 9.17) is 5.73 Å². The van der Waals surface area contributed by atoms with Crippen molar-refractivity contribution in [3.05, 3.63) is 76.9 Å². The van der Waals surface area contributed by atoms with Gasteiger partial charge in [-0.2, -0.15) is 0 Å². The van der Waals surface area contributed by atoms with Crippen LogP contribution in [0, 0.1) is 12.7 Å². The summed E-state index contributed by atoms with van der Waals surface area (Å²) in [4.78, 5) is 32.7. The van der Waals surface area contributed by atoms with E-state index >= 15 is 0 Å². The van der Waals surface area contributed by atoms with Crippen LogP contribution in [0.2, 0.25) is 0 Å². The van der Waals surface area contributed by atoms with Crippen LogP contribution in [-0.4, -0.2) is 28.8 Å². The zero-order chi connectivity index (χ0) is 21.0. The molecule has 0 bridgehead atoms. The fraction of sp³-hybridized carbons (Fsp3) is 0.143. The highest BCUT2D eigenvalue weighted by atomic mass is 19.1. The first-order chi connectivity index (χ1) is 13.9. The number of nitrogen functional groups attached to an aromatic ring is 1. The van der Waals surface area contributed by atoms with Gasteiger partial charge in [0.25, 0.3) is 11.8 Å². The monoisotopic (exact) mass is 393 g/mol. The maximum Gasteiger partial charge on any atom is 0.273 e. The van der Waals surface area contributed by atoms with Crippen LogP contribution in [0.1, 0.15) is 32.0 Å². The smallest absolute Gasteiger partial charge is 0.273 e. The van der Waals surface area contributed by atoms with E-state index in [0.29, 0.717) is 22.4 Å². The molecule has 7 nitrogen and oxygen atoms in total. The first-order valence-electron chi connectivity index (χ1n) is 8.87. The van der Waals surface area contributed by atoms with Gasteiger partial charge in [-0.15, -0.1) is 0 Å². The van der Waals surface area contributed by atoms with Gasteiger partial charge in [0, 0.05) is 24.7 Å². The molecule has 0 aliphatic heterocycles. The van der Waals surface area contributed by atoms with Crippen molar-refractivity contribution >= 4 is 17.6 Å². The van der Waals surface area contributed by atoms with Crippen molar-refractivity contribution in [1.29, 1.82) is 0 Å². The van der Waals surface area contributed by atoms with Gasteiger partial charge >= 0.3 is 0 Å². The number of carbonyl (C=O) groups is 2. The molecule has 0 saturated heterocycles. The molecule has 3 aromatic rings. The van der Waals surface area contributed by atoms with Gasteiger partial charge in [0.15, 0.2) is 11.5 Å². The number of hydrogen-bond donors (Lipinski definition) is 3. The molecule has 0 spiro atoms. The summed E-state index contributed by atoms with van der Waals surface area (Å²) in [5.41, 5.74) is 8.51. The van der Waals surface area contributed by atoms with Crippen molar-refractivity contribution < 1.29 is 14.0 Å². The number of rotatable bonds is 5. The van der Waals surface area contributed by atoms with Crippen molar-refractivity contribution in [3.63, 3.8) is 0 Å². The van der Waals surface area contributed by atoms with Crippen LogP contribution in [0.4, 0.5) is 10.2 Å². The van der Waals surface area contributed by atoms with E-state index in [-0.39, 0.29) is 29.8 Å². The molecule has 1 heterocycles. The Bertz CT molecular complexity index is 1080. The van der Waals surface area contributed by atoms with E-state index < -0.39 is 5.91 Å². The number of carbonyl (C=O) groups excluding carboxylic acids is 2. The second-order valence-corrected chi connectivity index (χ2v) is 6.42. The lowest BCUT2D eigenvalue weighted by Crippen LogP contribution is -2.23. The largest absolute Gasteiger partial charge is 0.382 e. The molecule has 2 aromatic carbocycles. The molecule has 0 saturated carbocycles. The average Bonchev–Trinajstić information content (AvgIpc) is 2.74. The molecule has 0 radical (unpaired) electrons. The molecular formula is C21H20FN5O2. The molecule has 0 aliphatic carbocycles. The van der Waals surface area contributed by atoms with Gasteiger partial charge in [-0.25, -0.2) is 14.4 Å². The van der Waals surface area contributed by atoms with Gasteiger partial charge < -0.3 is 16.4 Å². The predicted molar refractivity (Wildman–Crippen MR) is 108 cm³/mol. The predicted octanol–water partition coefficient (Wildman–Crippen LogP) is 2.46. The van der Waals surface area contributed by atoms with Crippen molar-refractivity contribution in [3.8, 4) is 11.3 Å². The zero-order valence-corrected chi connectivity index (χ0v) is 16.0. The third-order valence-corrected chi connectivity index (χ3v) is 4.34. The summed E-state index contributed by atoms with van der Waals surface area (Å²) < 4.78 is 13.4. The van der Waals surface area contributed by atoms with Crippen molar-refractivity contribution in [1.82, 2.24) is 20.6 Å². The number of nitrogens with zero attached hydrogens (tertiary/aromatic N) is 2. The number of hydrogen-bond acceptors (Lipinski definition) is 5. The second-order valence-electron chi connectivity index (χ2n) is 6.42. The Hall–Kier alpha value is -3.81. The molecular weight excluding hydrogens is 373 g/mol. The van der Waals surface area contributed by atoms with E-state index in [1.165, 1.54) is 19.3 Å². The van der Waals surface area contributed by atoms with E-state index in [2.05, 4.69) is 20.6 Å². The Kier molecular flexibility index (Phi) is 5.82. The molecule has 0 atom stereocenters. The van der Waals surface area contributed by atoms with Crippen LogP contribution < -0.4 is 16.4 Å². The van der Waals surface area contributed by atoms with E-state index in [9.17, 15) is 14.0 Å². The molecule has 0 fully saturated rings. The second kappa shape index (κ2) is 8.47. The molecule has 8 heteroatoms. The normalized spacial score (nSPS) is 10.4. The summed E-state index contributed by atoms with van der Waals surface area (Å²) in [5, 5.41) is 5.27. The minimum absolute atomic E-state index is 0.0199. The topological polar surface area (TPSA) is 110 Å². The number of nitrogens with one attached hydrogen (secondary N) is 2. The minimum atomic E-state index is -0.444. The first-order valence-corrected chi connectivity index (χ1v) is 8.87. The number of amides is 2. The van der Waals surface area contributed by atoms with Gasteiger partial charge in [-0.1, -0.05) is 24.3 Å². The highest BCUT2D eigenvalue weighted by Crippen LogP contribution is 2.20. The Morgan fingerprint density at radius 2 is 1.93 bits per heavy atom. The highest BCUT2D eigenvalue weighted by Gasteiger charge is 2.14.